The van der Waals surface area contributed by atoms with Crippen molar-refractivity contribution >= 4 is 22.8 Å². The Hall–Kier alpha value is -4.45. The molecule has 2 aromatic heterocycles. The van der Waals surface area contributed by atoms with Gasteiger partial charge in [0.25, 0.3) is 5.91 Å². The number of carbonyl (C=O) groups is 1. The Morgan fingerprint density at radius 2 is 1.53 bits per heavy atom. The van der Waals surface area contributed by atoms with Crippen molar-refractivity contribution in [3.63, 3.8) is 0 Å². The summed E-state index contributed by atoms with van der Waals surface area (Å²) in [6, 6.07) is 28.5. The number of anilines is 1. The molecule has 1 saturated heterocycles. The van der Waals surface area contributed by atoms with E-state index < -0.39 is 0 Å². The molecule has 1 aliphatic rings. The lowest BCUT2D eigenvalue weighted by molar-refractivity contribution is 0.0746. The Morgan fingerprint density at radius 1 is 0.806 bits per heavy atom. The summed E-state index contributed by atoms with van der Waals surface area (Å²) in [4.78, 5) is 26.8. The van der Waals surface area contributed by atoms with Gasteiger partial charge in [-0.15, -0.1) is 0 Å². The maximum absolute atomic E-state index is 13.1. The number of hydrogen-bond acceptors (Lipinski definition) is 4. The third kappa shape index (κ3) is 4.01. The van der Waals surface area contributed by atoms with Gasteiger partial charge in [-0.25, -0.2) is 9.97 Å². The molecule has 178 valence electrons. The fourth-order valence-corrected chi connectivity index (χ4v) is 4.99. The Balaban J connectivity index is 1.37. The second-order valence-corrected chi connectivity index (χ2v) is 9.16. The van der Waals surface area contributed by atoms with E-state index in [0.717, 1.165) is 44.8 Å². The van der Waals surface area contributed by atoms with Crippen LogP contribution in [0.25, 0.3) is 27.8 Å². The van der Waals surface area contributed by atoms with E-state index >= 15 is 0 Å². The van der Waals surface area contributed by atoms with E-state index in [-0.39, 0.29) is 5.91 Å². The molecule has 1 fully saturated rings. The number of carbonyl (C=O) groups excluding carboxylic acids is 1. The Labute approximate surface area is 210 Å². The molecule has 1 amide bonds. The molecule has 0 bridgehead atoms. The third-order valence-electron chi connectivity index (χ3n) is 6.81. The lowest BCUT2D eigenvalue weighted by atomic mass is 10.1. The van der Waals surface area contributed by atoms with Gasteiger partial charge in [0.1, 0.15) is 12.1 Å². The van der Waals surface area contributed by atoms with Gasteiger partial charge in [-0.05, 0) is 36.8 Å². The molecule has 1 aliphatic heterocycles. The summed E-state index contributed by atoms with van der Waals surface area (Å²) in [5.41, 5.74) is 6.01. The minimum atomic E-state index is 0.0892. The lowest BCUT2D eigenvalue weighted by Gasteiger charge is -2.35. The van der Waals surface area contributed by atoms with E-state index in [1.165, 1.54) is 0 Å². The van der Waals surface area contributed by atoms with Gasteiger partial charge >= 0.3 is 0 Å². The fraction of sp³-hybridized carbons (Fsp3) is 0.167. The predicted octanol–water partition coefficient (Wildman–Crippen LogP) is 5.36. The first-order valence-corrected chi connectivity index (χ1v) is 12.3. The monoisotopic (exact) mass is 473 g/mol. The van der Waals surface area contributed by atoms with Gasteiger partial charge in [0.05, 0.1) is 5.39 Å². The minimum absolute atomic E-state index is 0.0892. The topological polar surface area (TPSA) is 54.3 Å². The summed E-state index contributed by atoms with van der Waals surface area (Å²) in [6.45, 7) is 4.75. The molecule has 0 atom stereocenters. The predicted molar refractivity (Wildman–Crippen MR) is 144 cm³/mol. The molecule has 6 heteroatoms. The van der Waals surface area contributed by atoms with Crippen molar-refractivity contribution < 1.29 is 4.79 Å². The average molecular weight is 474 g/mol. The molecule has 0 aliphatic carbocycles. The van der Waals surface area contributed by atoms with Gasteiger partial charge in [-0.1, -0.05) is 66.2 Å². The van der Waals surface area contributed by atoms with Gasteiger partial charge in [-0.2, -0.15) is 0 Å². The number of aromatic nitrogens is 3. The normalized spacial score (nSPS) is 13.8. The number of aryl methyl sites for hydroxylation is 1. The van der Waals surface area contributed by atoms with Crippen molar-refractivity contribution in [2.45, 2.75) is 6.92 Å². The average Bonchev–Trinajstić information content (AvgIpc) is 3.34. The summed E-state index contributed by atoms with van der Waals surface area (Å²) in [5, 5.41) is 1.03. The van der Waals surface area contributed by atoms with Gasteiger partial charge in [-0.3, -0.25) is 4.79 Å². The highest BCUT2D eigenvalue weighted by Crippen LogP contribution is 2.37. The first-order valence-electron chi connectivity index (χ1n) is 12.3. The lowest BCUT2D eigenvalue weighted by Crippen LogP contribution is -2.49. The Bertz CT molecular complexity index is 1520. The van der Waals surface area contributed by atoms with Crippen LogP contribution in [-0.2, 0) is 0 Å². The van der Waals surface area contributed by atoms with Crippen LogP contribution in [0.5, 0.6) is 0 Å². The highest BCUT2D eigenvalue weighted by molar-refractivity contribution is 6.02. The SMILES string of the molecule is Cc1cccc(C(=O)N2CCN(c3ncnc4c3c(-c3ccccc3)cn4-c3ccccc3)CC2)c1. The maximum Gasteiger partial charge on any atom is 0.253 e. The van der Waals surface area contributed by atoms with Crippen molar-refractivity contribution in [2.24, 2.45) is 0 Å². The highest BCUT2D eigenvalue weighted by Gasteiger charge is 2.26. The summed E-state index contributed by atoms with van der Waals surface area (Å²) < 4.78 is 2.14. The standard InChI is InChI=1S/C30H27N5O/c1-22-9-8-12-24(19-22)30(36)34-17-15-33(16-18-34)28-27-26(23-10-4-2-5-11-23)20-35(29(27)32-21-31-28)25-13-6-3-7-14-25/h2-14,19-21H,15-18H2,1H3. The molecule has 3 heterocycles. The first-order chi connectivity index (χ1) is 17.7. The molecular weight excluding hydrogens is 446 g/mol. The zero-order valence-corrected chi connectivity index (χ0v) is 20.2. The van der Waals surface area contributed by atoms with Crippen molar-refractivity contribution in [1.82, 2.24) is 19.4 Å². The molecule has 3 aromatic carbocycles. The van der Waals surface area contributed by atoms with Gasteiger partial charge < -0.3 is 14.4 Å². The summed E-state index contributed by atoms with van der Waals surface area (Å²) >= 11 is 0. The maximum atomic E-state index is 13.1. The van der Waals surface area contributed by atoms with Gasteiger partial charge in [0.15, 0.2) is 5.65 Å². The molecule has 0 spiro atoms. The first kappa shape index (κ1) is 22.0. The molecular formula is C30H27N5O. The molecule has 6 nitrogen and oxygen atoms in total. The number of nitrogens with zero attached hydrogens (tertiary/aromatic N) is 5. The summed E-state index contributed by atoms with van der Waals surface area (Å²) in [6.07, 6.45) is 3.81. The largest absolute Gasteiger partial charge is 0.352 e. The molecule has 0 radical (unpaired) electrons. The van der Waals surface area contributed by atoms with Crippen LogP contribution >= 0.6 is 0 Å². The van der Waals surface area contributed by atoms with Crippen LogP contribution in [0.2, 0.25) is 0 Å². The minimum Gasteiger partial charge on any atom is -0.352 e. The molecule has 5 aromatic rings. The van der Waals surface area contributed by atoms with Crippen molar-refractivity contribution in [3.8, 4) is 16.8 Å². The second kappa shape index (κ2) is 9.30. The molecule has 0 N–H and O–H groups in total. The Morgan fingerprint density at radius 3 is 2.25 bits per heavy atom. The Kier molecular flexibility index (Phi) is 5.70. The molecule has 0 unspecified atom stereocenters. The summed E-state index contributed by atoms with van der Waals surface area (Å²) in [7, 11) is 0. The number of para-hydroxylation sites is 1. The van der Waals surface area contributed by atoms with Gasteiger partial charge in [0, 0.05) is 49.2 Å². The van der Waals surface area contributed by atoms with Crippen LogP contribution in [0.1, 0.15) is 15.9 Å². The van der Waals surface area contributed by atoms with Crippen LogP contribution in [0.3, 0.4) is 0 Å². The smallest absolute Gasteiger partial charge is 0.253 e. The summed E-state index contributed by atoms with van der Waals surface area (Å²) in [5.74, 6) is 1.00. The zero-order valence-electron chi connectivity index (χ0n) is 20.2. The number of rotatable bonds is 4. The van der Waals surface area contributed by atoms with Crippen LogP contribution in [0, 0.1) is 6.92 Å². The van der Waals surface area contributed by atoms with Crippen LogP contribution < -0.4 is 4.90 Å². The number of benzene rings is 3. The van der Waals surface area contributed by atoms with E-state index in [1.807, 2.05) is 60.4 Å². The van der Waals surface area contributed by atoms with Crippen molar-refractivity contribution in [3.05, 3.63) is 109 Å². The second-order valence-electron chi connectivity index (χ2n) is 9.16. The van der Waals surface area contributed by atoms with Crippen LogP contribution in [0.4, 0.5) is 5.82 Å². The van der Waals surface area contributed by atoms with E-state index in [4.69, 9.17) is 9.97 Å². The van der Waals surface area contributed by atoms with E-state index in [2.05, 4.69) is 52.1 Å². The highest BCUT2D eigenvalue weighted by atomic mass is 16.2. The van der Waals surface area contributed by atoms with Crippen molar-refractivity contribution in [2.75, 3.05) is 31.1 Å². The molecule has 0 saturated carbocycles. The van der Waals surface area contributed by atoms with E-state index in [0.29, 0.717) is 26.2 Å². The van der Waals surface area contributed by atoms with Crippen LogP contribution in [-0.4, -0.2) is 51.5 Å². The number of amides is 1. The number of fused-ring (bicyclic) bond motifs is 1. The fourth-order valence-electron chi connectivity index (χ4n) is 4.99. The zero-order chi connectivity index (χ0) is 24.5. The third-order valence-corrected chi connectivity index (χ3v) is 6.81. The van der Waals surface area contributed by atoms with Crippen LogP contribution in [0.15, 0.2) is 97.5 Å². The van der Waals surface area contributed by atoms with E-state index in [1.54, 1.807) is 6.33 Å². The quantitative estimate of drug-likeness (QED) is 0.353. The molecule has 36 heavy (non-hydrogen) atoms. The van der Waals surface area contributed by atoms with Crippen molar-refractivity contribution in [1.29, 1.82) is 0 Å². The number of piperazine rings is 1. The molecule has 6 rings (SSSR count). The number of hydrogen-bond donors (Lipinski definition) is 0. The van der Waals surface area contributed by atoms with E-state index in [9.17, 15) is 4.79 Å². The van der Waals surface area contributed by atoms with Gasteiger partial charge in [0.2, 0.25) is 0 Å².